The number of carbonyl (C=O) groups is 2. The van der Waals surface area contributed by atoms with Gasteiger partial charge in [0, 0.05) is 23.2 Å². The molecule has 0 saturated heterocycles. The molecular weight excluding hydrogens is 505 g/mol. The van der Waals surface area contributed by atoms with Crippen molar-refractivity contribution < 1.29 is 23.5 Å². The smallest absolute Gasteiger partial charge is 0.424 e. The monoisotopic (exact) mass is 521 g/mol. The molecule has 10 heteroatoms. The van der Waals surface area contributed by atoms with Gasteiger partial charge in [0.2, 0.25) is 5.91 Å². The standard InChI is InChI=1S/C26H17Cl2N3O5/c1-34-21-10-8-16(25(29)32)22-17-11-14(7-9-20(17)36-24(21)22)31(23-18(27)12-30-13-19(23)28)26(33)35-15-5-3-2-4-6-15/h2-13H,1H3,(H2,29,32). The van der Waals surface area contributed by atoms with Gasteiger partial charge < -0.3 is 19.6 Å². The second-order valence-corrected chi connectivity index (χ2v) is 8.45. The number of nitrogens with zero attached hydrogens (tertiary/aromatic N) is 2. The molecule has 0 radical (unpaired) electrons. The third kappa shape index (κ3) is 4.06. The number of aromatic nitrogens is 1. The van der Waals surface area contributed by atoms with Gasteiger partial charge >= 0.3 is 6.09 Å². The van der Waals surface area contributed by atoms with Gasteiger partial charge in [-0.3, -0.25) is 9.78 Å². The van der Waals surface area contributed by atoms with Crippen molar-refractivity contribution in [2.24, 2.45) is 5.73 Å². The molecule has 0 aliphatic heterocycles. The quantitative estimate of drug-likeness (QED) is 0.274. The zero-order chi connectivity index (χ0) is 25.4. The van der Waals surface area contributed by atoms with Crippen molar-refractivity contribution in [3.05, 3.63) is 88.7 Å². The number of furan rings is 1. The van der Waals surface area contributed by atoms with Crippen molar-refractivity contribution in [2.75, 3.05) is 12.0 Å². The molecule has 5 aromatic rings. The summed E-state index contributed by atoms with van der Waals surface area (Å²) in [5.41, 5.74) is 7.19. The summed E-state index contributed by atoms with van der Waals surface area (Å²) >= 11 is 12.9. The van der Waals surface area contributed by atoms with Crippen LogP contribution >= 0.6 is 23.2 Å². The zero-order valence-electron chi connectivity index (χ0n) is 18.7. The topological polar surface area (TPSA) is 108 Å². The van der Waals surface area contributed by atoms with Crippen molar-refractivity contribution >= 4 is 68.5 Å². The molecule has 3 aromatic carbocycles. The molecule has 0 aliphatic rings. The van der Waals surface area contributed by atoms with Gasteiger partial charge in [-0.1, -0.05) is 41.4 Å². The number of rotatable bonds is 5. The molecule has 0 fully saturated rings. The van der Waals surface area contributed by atoms with E-state index in [9.17, 15) is 9.59 Å². The van der Waals surface area contributed by atoms with E-state index < -0.39 is 12.0 Å². The molecule has 0 unspecified atom stereocenters. The lowest BCUT2D eigenvalue weighted by atomic mass is 10.0. The highest BCUT2D eigenvalue weighted by molar-refractivity contribution is 6.40. The molecule has 180 valence electrons. The largest absolute Gasteiger partial charge is 0.493 e. The van der Waals surface area contributed by atoms with E-state index in [1.54, 1.807) is 60.7 Å². The number of benzene rings is 3. The van der Waals surface area contributed by atoms with Crippen molar-refractivity contribution in [1.29, 1.82) is 0 Å². The summed E-state index contributed by atoms with van der Waals surface area (Å²) in [6.45, 7) is 0. The lowest BCUT2D eigenvalue weighted by molar-refractivity contribution is 0.100. The predicted molar refractivity (Wildman–Crippen MR) is 138 cm³/mol. The highest BCUT2D eigenvalue weighted by Gasteiger charge is 2.27. The predicted octanol–water partition coefficient (Wildman–Crippen LogP) is 6.73. The first-order valence-corrected chi connectivity index (χ1v) is 11.3. The Labute approximate surface area is 214 Å². The lowest BCUT2D eigenvalue weighted by Gasteiger charge is -2.24. The summed E-state index contributed by atoms with van der Waals surface area (Å²) in [6, 6.07) is 16.7. The minimum atomic E-state index is -0.768. The van der Waals surface area contributed by atoms with Gasteiger partial charge in [0.25, 0.3) is 0 Å². The number of pyridine rings is 1. The number of methoxy groups -OCH3 is 1. The summed E-state index contributed by atoms with van der Waals surface area (Å²) in [6.07, 6.45) is 1.97. The molecule has 0 aliphatic carbocycles. The Morgan fingerprint density at radius 3 is 2.39 bits per heavy atom. The summed E-state index contributed by atoms with van der Waals surface area (Å²) in [7, 11) is 1.49. The highest BCUT2D eigenvalue weighted by atomic mass is 35.5. The summed E-state index contributed by atoms with van der Waals surface area (Å²) in [5, 5.41) is 1.23. The van der Waals surface area contributed by atoms with Gasteiger partial charge in [-0.25, -0.2) is 9.69 Å². The number of anilines is 2. The van der Waals surface area contributed by atoms with Crippen molar-refractivity contribution in [3.8, 4) is 11.5 Å². The van der Waals surface area contributed by atoms with E-state index in [4.69, 9.17) is 42.8 Å². The first-order chi connectivity index (χ1) is 17.4. The van der Waals surface area contributed by atoms with Gasteiger partial charge in [0.05, 0.1) is 34.1 Å². The van der Waals surface area contributed by atoms with Crippen molar-refractivity contribution in [2.45, 2.75) is 0 Å². The number of hydrogen-bond acceptors (Lipinski definition) is 6. The fraction of sp³-hybridized carbons (Fsp3) is 0.0385. The van der Waals surface area contributed by atoms with E-state index in [0.29, 0.717) is 39.1 Å². The fourth-order valence-electron chi connectivity index (χ4n) is 3.93. The third-order valence-electron chi connectivity index (χ3n) is 5.49. The number of ether oxygens (including phenoxy) is 2. The molecule has 0 bridgehead atoms. The zero-order valence-corrected chi connectivity index (χ0v) is 20.2. The van der Waals surface area contributed by atoms with Gasteiger partial charge in [-0.05, 0) is 42.5 Å². The molecule has 0 atom stereocenters. The van der Waals surface area contributed by atoms with Crippen LogP contribution in [0.1, 0.15) is 10.4 Å². The average Bonchev–Trinajstić information content (AvgIpc) is 3.25. The normalized spacial score (nSPS) is 11.0. The van der Waals surface area contributed by atoms with E-state index in [2.05, 4.69) is 4.98 Å². The molecule has 2 heterocycles. The Balaban J connectivity index is 1.75. The second-order valence-electron chi connectivity index (χ2n) is 7.63. The Bertz CT molecular complexity index is 1620. The number of fused-ring (bicyclic) bond motifs is 3. The first-order valence-electron chi connectivity index (χ1n) is 10.6. The highest BCUT2D eigenvalue weighted by Crippen LogP contribution is 2.42. The number of primary amides is 1. The van der Waals surface area contributed by atoms with Crippen LogP contribution in [0.3, 0.4) is 0 Å². The number of amides is 2. The van der Waals surface area contributed by atoms with Crippen LogP contribution in [0, 0.1) is 0 Å². The molecule has 2 aromatic heterocycles. The van der Waals surface area contributed by atoms with Gasteiger partial charge in [-0.2, -0.15) is 0 Å². The van der Waals surface area contributed by atoms with E-state index in [-0.39, 0.29) is 21.3 Å². The number of carbonyl (C=O) groups excluding carboxylic acids is 2. The van der Waals surface area contributed by atoms with E-state index in [1.807, 2.05) is 0 Å². The maximum absolute atomic E-state index is 13.5. The summed E-state index contributed by atoms with van der Waals surface area (Å²) < 4.78 is 17.0. The second kappa shape index (κ2) is 9.41. The van der Waals surface area contributed by atoms with Crippen LogP contribution in [0.25, 0.3) is 21.9 Å². The maximum atomic E-state index is 13.5. The SMILES string of the molecule is COc1ccc(C(N)=O)c2c1oc1ccc(N(C(=O)Oc3ccccc3)c3c(Cl)cncc3Cl)cc12. The van der Waals surface area contributed by atoms with Crippen LogP contribution in [0.5, 0.6) is 11.5 Å². The number of hydrogen-bond donors (Lipinski definition) is 1. The third-order valence-corrected chi connectivity index (χ3v) is 6.05. The Hall–Kier alpha value is -4.27. The van der Waals surface area contributed by atoms with Crippen molar-refractivity contribution in [3.63, 3.8) is 0 Å². The molecule has 8 nitrogen and oxygen atoms in total. The average molecular weight is 522 g/mol. The van der Waals surface area contributed by atoms with Gasteiger partial charge in [-0.15, -0.1) is 0 Å². The Morgan fingerprint density at radius 1 is 1.00 bits per heavy atom. The summed E-state index contributed by atoms with van der Waals surface area (Å²) in [5.74, 6) is 0.106. The van der Waals surface area contributed by atoms with Crippen LogP contribution in [0.2, 0.25) is 10.0 Å². The minimum Gasteiger partial charge on any atom is -0.493 e. The lowest BCUT2D eigenvalue weighted by Crippen LogP contribution is -2.29. The van der Waals surface area contributed by atoms with E-state index in [0.717, 1.165) is 0 Å². The van der Waals surface area contributed by atoms with Gasteiger partial charge in [0.1, 0.15) is 11.3 Å². The molecule has 2 amide bonds. The summed E-state index contributed by atoms with van der Waals surface area (Å²) in [4.78, 5) is 30.9. The van der Waals surface area contributed by atoms with E-state index in [1.165, 1.54) is 24.4 Å². The molecule has 36 heavy (non-hydrogen) atoms. The first kappa shape index (κ1) is 23.5. The van der Waals surface area contributed by atoms with Crippen LogP contribution in [0.4, 0.5) is 16.2 Å². The number of para-hydroxylation sites is 1. The van der Waals surface area contributed by atoms with Crippen molar-refractivity contribution in [1.82, 2.24) is 4.98 Å². The number of halogens is 2. The molecule has 5 rings (SSSR count). The molecule has 0 spiro atoms. The minimum absolute atomic E-state index is 0.129. The Kier molecular flexibility index (Phi) is 6.13. The van der Waals surface area contributed by atoms with Crippen LogP contribution in [0.15, 0.2) is 77.5 Å². The Morgan fingerprint density at radius 2 is 1.72 bits per heavy atom. The van der Waals surface area contributed by atoms with Crippen LogP contribution in [-0.4, -0.2) is 24.1 Å². The van der Waals surface area contributed by atoms with E-state index >= 15 is 0 Å². The molecular formula is C26H17Cl2N3O5. The van der Waals surface area contributed by atoms with Crippen LogP contribution < -0.4 is 20.1 Å². The fourth-order valence-corrected chi connectivity index (χ4v) is 4.46. The molecule has 2 N–H and O–H groups in total. The number of nitrogens with two attached hydrogens (primary N) is 1. The maximum Gasteiger partial charge on any atom is 0.424 e. The molecule has 0 saturated carbocycles. The van der Waals surface area contributed by atoms with Gasteiger partial charge in [0.15, 0.2) is 11.3 Å². The van der Waals surface area contributed by atoms with Crippen LogP contribution in [-0.2, 0) is 0 Å².